The molecule has 6 nitrogen and oxygen atoms in total. The molecule has 1 aromatic rings. The first kappa shape index (κ1) is 19.0. The van der Waals surface area contributed by atoms with Gasteiger partial charge in [0, 0.05) is 46.1 Å². The molecule has 0 unspecified atom stereocenters. The Bertz CT molecular complexity index is 682. The predicted octanol–water partition coefficient (Wildman–Crippen LogP) is 2.03. The molecule has 1 aliphatic heterocycles. The van der Waals surface area contributed by atoms with Crippen LogP contribution in [0.4, 0.5) is 5.69 Å². The van der Waals surface area contributed by atoms with Crippen molar-refractivity contribution in [3.05, 3.63) is 29.3 Å². The second kappa shape index (κ2) is 7.68. The molecule has 1 atom stereocenters. The number of benzene rings is 1. The fourth-order valence-electron chi connectivity index (χ4n) is 3.11. The molecule has 1 heterocycles. The topological polar surface area (TPSA) is 69.7 Å². The van der Waals surface area contributed by atoms with Gasteiger partial charge in [-0.25, -0.2) is 0 Å². The van der Waals surface area contributed by atoms with Gasteiger partial charge in [-0.05, 0) is 29.2 Å². The Hall–Kier alpha value is -2.37. The molecule has 2 rings (SSSR count). The molecule has 0 spiro atoms. The van der Waals surface area contributed by atoms with Crippen LogP contribution in [-0.2, 0) is 27.3 Å². The molecule has 25 heavy (non-hydrogen) atoms. The molecule has 6 heteroatoms. The van der Waals surface area contributed by atoms with Gasteiger partial charge in [-0.15, -0.1) is 0 Å². The van der Waals surface area contributed by atoms with Crippen LogP contribution in [0.25, 0.3) is 0 Å². The normalized spacial score (nSPS) is 16.4. The number of hydrogen-bond acceptors (Lipinski definition) is 3. The lowest BCUT2D eigenvalue weighted by Crippen LogP contribution is -2.52. The second-order valence-electron chi connectivity index (χ2n) is 7.24. The van der Waals surface area contributed by atoms with Crippen LogP contribution in [0, 0.1) is 5.92 Å². The lowest BCUT2D eigenvalue weighted by Gasteiger charge is -2.37. The van der Waals surface area contributed by atoms with Gasteiger partial charge in [-0.1, -0.05) is 19.9 Å². The van der Waals surface area contributed by atoms with Crippen molar-refractivity contribution < 1.29 is 14.4 Å². The lowest BCUT2D eigenvalue weighted by atomic mass is 9.92. The Morgan fingerprint density at radius 3 is 2.48 bits per heavy atom. The van der Waals surface area contributed by atoms with Crippen molar-refractivity contribution >= 4 is 23.4 Å². The Balaban J connectivity index is 2.34. The van der Waals surface area contributed by atoms with Gasteiger partial charge in [0.15, 0.2) is 0 Å². The van der Waals surface area contributed by atoms with Crippen molar-refractivity contribution in [2.75, 3.05) is 19.4 Å². The van der Waals surface area contributed by atoms with Gasteiger partial charge in [0.1, 0.15) is 6.04 Å². The fraction of sp³-hybridized carbons (Fsp3) is 0.526. The number of likely N-dealkylation sites (N-methyl/N-ethyl adjacent to an activating group) is 1. The van der Waals surface area contributed by atoms with E-state index in [0.29, 0.717) is 25.1 Å². The summed E-state index contributed by atoms with van der Waals surface area (Å²) < 4.78 is 0. The van der Waals surface area contributed by atoms with Gasteiger partial charge in [-0.2, -0.15) is 0 Å². The first-order valence-corrected chi connectivity index (χ1v) is 8.59. The van der Waals surface area contributed by atoms with E-state index in [-0.39, 0.29) is 23.6 Å². The van der Waals surface area contributed by atoms with Crippen LogP contribution < -0.4 is 5.32 Å². The molecular weight excluding hydrogens is 318 g/mol. The summed E-state index contributed by atoms with van der Waals surface area (Å²) in [6, 6.07) is 5.19. The minimum absolute atomic E-state index is 0.00854. The zero-order chi connectivity index (χ0) is 18.7. The van der Waals surface area contributed by atoms with Crippen molar-refractivity contribution in [2.24, 2.45) is 5.92 Å². The first-order valence-electron chi connectivity index (χ1n) is 8.59. The van der Waals surface area contributed by atoms with Crippen LogP contribution in [0.3, 0.4) is 0 Å². The maximum Gasteiger partial charge on any atom is 0.245 e. The van der Waals surface area contributed by atoms with E-state index in [0.717, 1.165) is 11.1 Å². The largest absolute Gasteiger partial charge is 0.347 e. The van der Waals surface area contributed by atoms with Gasteiger partial charge in [-0.3, -0.25) is 14.4 Å². The minimum Gasteiger partial charge on any atom is -0.347 e. The van der Waals surface area contributed by atoms with E-state index < -0.39 is 6.04 Å². The van der Waals surface area contributed by atoms with E-state index in [1.165, 1.54) is 11.8 Å². The van der Waals surface area contributed by atoms with Crippen molar-refractivity contribution in [3.63, 3.8) is 0 Å². The smallest absolute Gasteiger partial charge is 0.245 e. The summed E-state index contributed by atoms with van der Waals surface area (Å²) in [7, 11) is 3.42. The van der Waals surface area contributed by atoms with Gasteiger partial charge >= 0.3 is 0 Å². The highest BCUT2D eigenvalue weighted by Crippen LogP contribution is 2.28. The number of fused-ring (bicyclic) bond motifs is 1. The third-order valence-corrected chi connectivity index (χ3v) is 4.29. The number of amides is 3. The van der Waals surface area contributed by atoms with E-state index in [1.807, 2.05) is 32.0 Å². The predicted molar refractivity (Wildman–Crippen MR) is 96.9 cm³/mol. The molecule has 136 valence electrons. The number of nitrogens with zero attached hydrogens (tertiary/aromatic N) is 2. The van der Waals surface area contributed by atoms with Crippen molar-refractivity contribution in [2.45, 2.75) is 46.2 Å². The number of rotatable bonds is 4. The fourth-order valence-corrected chi connectivity index (χ4v) is 3.11. The number of nitrogens with one attached hydrogen (secondary N) is 1. The van der Waals surface area contributed by atoms with Crippen LogP contribution in [0.1, 0.15) is 38.3 Å². The third kappa shape index (κ3) is 4.59. The van der Waals surface area contributed by atoms with Crippen LogP contribution in [0.5, 0.6) is 0 Å². The number of anilines is 1. The highest BCUT2D eigenvalue weighted by molar-refractivity contribution is 5.90. The molecule has 0 aromatic heterocycles. The summed E-state index contributed by atoms with van der Waals surface area (Å²) in [5, 5.41) is 2.77. The van der Waals surface area contributed by atoms with Crippen LogP contribution in [0.15, 0.2) is 18.2 Å². The van der Waals surface area contributed by atoms with Gasteiger partial charge in [0.25, 0.3) is 0 Å². The zero-order valence-electron chi connectivity index (χ0n) is 15.6. The first-order chi connectivity index (χ1) is 11.7. The summed E-state index contributed by atoms with van der Waals surface area (Å²) in [4.78, 5) is 39.8. The summed E-state index contributed by atoms with van der Waals surface area (Å²) in [5.41, 5.74) is 2.73. The Kier molecular flexibility index (Phi) is 5.82. The third-order valence-electron chi connectivity index (χ3n) is 4.29. The highest BCUT2D eigenvalue weighted by atomic mass is 16.2. The molecular formula is C19H27N3O3. The number of carbonyl (C=O) groups excluding carboxylic acids is 3. The minimum atomic E-state index is -0.472. The summed E-state index contributed by atoms with van der Waals surface area (Å²) in [6.45, 7) is 5.84. The monoisotopic (exact) mass is 345 g/mol. The highest BCUT2D eigenvalue weighted by Gasteiger charge is 2.35. The molecule has 0 radical (unpaired) electrons. The van der Waals surface area contributed by atoms with Crippen molar-refractivity contribution in [3.8, 4) is 0 Å². The maximum absolute atomic E-state index is 12.7. The van der Waals surface area contributed by atoms with Crippen molar-refractivity contribution in [1.29, 1.82) is 0 Å². The Labute approximate surface area is 149 Å². The standard InChI is InChI=1S/C19H27N3O3/c1-12(2)8-18(24)22-11-15-9-16(20-13(3)23)7-6-14(15)10-17(22)19(25)21(4)5/h6-7,9,12,17H,8,10-11H2,1-5H3,(H,20,23)/t17-/m1/s1. The Morgan fingerprint density at radius 1 is 1.24 bits per heavy atom. The van der Waals surface area contributed by atoms with Gasteiger partial charge < -0.3 is 15.1 Å². The lowest BCUT2D eigenvalue weighted by molar-refractivity contribution is -0.146. The SMILES string of the molecule is CC(=O)Nc1ccc2c(c1)CN(C(=O)CC(C)C)[C@@H](C(=O)N(C)C)C2. The number of carbonyl (C=O) groups is 3. The average Bonchev–Trinajstić information content (AvgIpc) is 2.51. The van der Waals surface area contributed by atoms with Gasteiger partial charge in [0.2, 0.25) is 17.7 Å². The molecule has 0 saturated carbocycles. The van der Waals surface area contributed by atoms with Crippen LogP contribution in [-0.4, -0.2) is 47.7 Å². The molecule has 0 aliphatic carbocycles. The molecule has 3 amide bonds. The summed E-state index contributed by atoms with van der Waals surface area (Å²) in [5.74, 6) is 0.0263. The van der Waals surface area contributed by atoms with E-state index in [1.54, 1.807) is 19.0 Å². The van der Waals surface area contributed by atoms with E-state index in [9.17, 15) is 14.4 Å². The molecule has 1 N–H and O–H groups in total. The van der Waals surface area contributed by atoms with Crippen LogP contribution in [0.2, 0.25) is 0 Å². The summed E-state index contributed by atoms with van der Waals surface area (Å²) in [6.07, 6.45) is 0.911. The van der Waals surface area contributed by atoms with E-state index >= 15 is 0 Å². The van der Waals surface area contributed by atoms with Gasteiger partial charge in [0.05, 0.1) is 0 Å². The molecule has 0 fully saturated rings. The molecule has 1 aliphatic rings. The zero-order valence-corrected chi connectivity index (χ0v) is 15.6. The average molecular weight is 345 g/mol. The molecule has 0 bridgehead atoms. The van der Waals surface area contributed by atoms with Crippen LogP contribution >= 0.6 is 0 Å². The summed E-state index contributed by atoms with van der Waals surface area (Å²) >= 11 is 0. The van der Waals surface area contributed by atoms with Crippen molar-refractivity contribution in [1.82, 2.24) is 9.80 Å². The maximum atomic E-state index is 12.7. The molecule has 1 aromatic carbocycles. The van der Waals surface area contributed by atoms with E-state index in [2.05, 4.69) is 5.32 Å². The quantitative estimate of drug-likeness (QED) is 0.908. The Morgan fingerprint density at radius 2 is 1.92 bits per heavy atom. The van der Waals surface area contributed by atoms with E-state index in [4.69, 9.17) is 0 Å². The number of hydrogen-bond donors (Lipinski definition) is 1. The second-order valence-corrected chi connectivity index (χ2v) is 7.24. The molecule has 0 saturated heterocycles.